The van der Waals surface area contributed by atoms with Crippen LogP contribution in [0.4, 0.5) is 4.79 Å². The Bertz CT molecular complexity index is 353. The van der Waals surface area contributed by atoms with Crippen molar-refractivity contribution in [2.24, 2.45) is 5.92 Å². The molecule has 0 bridgehead atoms. The van der Waals surface area contributed by atoms with Gasteiger partial charge in [0, 0.05) is 6.54 Å². The molecule has 20 heavy (non-hydrogen) atoms. The highest BCUT2D eigenvalue weighted by atomic mass is 16.4. The molecular weight excluding hydrogens is 264 g/mol. The fourth-order valence-corrected chi connectivity index (χ4v) is 2.48. The van der Waals surface area contributed by atoms with Crippen LogP contribution in [0.1, 0.15) is 44.9 Å². The maximum Gasteiger partial charge on any atom is 0.326 e. The van der Waals surface area contributed by atoms with Crippen molar-refractivity contribution in [2.45, 2.75) is 51.0 Å². The van der Waals surface area contributed by atoms with E-state index in [0.717, 1.165) is 18.8 Å². The molecule has 0 aliphatic heterocycles. The Kier molecular flexibility index (Phi) is 6.83. The number of rotatable bonds is 8. The average Bonchev–Trinajstić information content (AvgIpc) is 2.86. The Hall–Kier alpha value is -1.79. The topological polar surface area (TPSA) is 116 Å². The summed E-state index contributed by atoms with van der Waals surface area (Å²) in [5.74, 6) is -1.87. The Morgan fingerprint density at radius 2 is 1.80 bits per heavy atom. The summed E-state index contributed by atoms with van der Waals surface area (Å²) in [6.07, 6.45) is 6.37. The number of amides is 2. The van der Waals surface area contributed by atoms with Crippen LogP contribution in [0.3, 0.4) is 0 Å². The molecule has 1 aliphatic rings. The lowest BCUT2D eigenvalue weighted by molar-refractivity contribution is -0.145. The number of hydrogen-bond acceptors (Lipinski definition) is 3. The van der Waals surface area contributed by atoms with E-state index in [1.54, 1.807) is 0 Å². The number of carbonyl (C=O) groups excluding carboxylic acids is 1. The molecule has 1 unspecified atom stereocenters. The average molecular weight is 286 g/mol. The predicted molar refractivity (Wildman–Crippen MR) is 71.4 cm³/mol. The summed E-state index contributed by atoms with van der Waals surface area (Å²) >= 11 is 0. The van der Waals surface area contributed by atoms with Crippen molar-refractivity contribution in [2.75, 3.05) is 6.54 Å². The van der Waals surface area contributed by atoms with Crippen molar-refractivity contribution in [1.29, 1.82) is 0 Å². The molecular formula is C13H22N2O5. The molecule has 7 nitrogen and oxygen atoms in total. The van der Waals surface area contributed by atoms with Gasteiger partial charge in [-0.15, -0.1) is 0 Å². The molecule has 1 atom stereocenters. The van der Waals surface area contributed by atoms with E-state index in [9.17, 15) is 14.4 Å². The van der Waals surface area contributed by atoms with Gasteiger partial charge in [0.15, 0.2) is 0 Å². The van der Waals surface area contributed by atoms with Crippen molar-refractivity contribution < 1.29 is 24.6 Å². The molecule has 114 valence electrons. The second-order valence-electron chi connectivity index (χ2n) is 5.18. The number of hydrogen-bond donors (Lipinski definition) is 4. The van der Waals surface area contributed by atoms with E-state index >= 15 is 0 Å². The maximum atomic E-state index is 11.5. The van der Waals surface area contributed by atoms with Gasteiger partial charge in [0.1, 0.15) is 6.04 Å². The van der Waals surface area contributed by atoms with Crippen LogP contribution >= 0.6 is 0 Å². The monoisotopic (exact) mass is 286 g/mol. The Morgan fingerprint density at radius 1 is 1.15 bits per heavy atom. The fourth-order valence-electron chi connectivity index (χ4n) is 2.48. The van der Waals surface area contributed by atoms with Gasteiger partial charge >= 0.3 is 18.0 Å². The lowest BCUT2D eigenvalue weighted by Crippen LogP contribution is -2.47. The second kappa shape index (κ2) is 8.39. The van der Waals surface area contributed by atoms with E-state index in [1.807, 2.05) is 0 Å². The van der Waals surface area contributed by atoms with Crippen molar-refractivity contribution in [3.05, 3.63) is 0 Å². The second-order valence-corrected chi connectivity index (χ2v) is 5.18. The first-order valence-corrected chi connectivity index (χ1v) is 6.98. The molecule has 1 saturated carbocycles. The third-order valence-corrected chi connectivity index (χ3v) is 3.53. The Labute approximate surface area is 117 Å². The molecule has 0 aromatic rings. The van der Waals surface area contributed by atoms with Crippen LogP contribution in [-0.2, 0) is 9.59 Å². The Balaban J connectivity index is 2.17. The van der Waals surface area contributed by atoms with Crippen LogP contribution in [0.5, 0.6) is 0 Å². The molecule has 1 rings (SSSR count). The molecule has 0 aromatic carbocycles. The zero-order valence-electron chi connectivity index (χ0n) is 11.4. The van der Waals surface area contributed by atoms with E-state index in [1.165, 1.54) is 25.7 Å². The van der Waals surface area contributed by atoms with Crippen molar-refractivity contribution in [1.82, 2.24) is 10.6 Å². The minimum absolute atomic E-state index is 0.474. The summed E-state index contributed by atoms with van der Waals surface area (Å²) in [6.45, 7) is 0.474. The summed E-state index contributed by atoms with van der Waals surface area (Å²) in [4.78, 5) is 32.7. The van der Waals surface area contributed by atoms with Gasteiger partial charge in [-0.1, -0.05) is 25.7 Å². The SMILES string of the molecule is O=C(O)CC(NC(=O)NCCCC1CCCC1)C(=O)O. The molecule has 0 aromatic heterocycles. The molecule has 0 spiro atoms. The lowest BCUT2D eigenvalue weighted by atomic mass is 10.0. The third kappa shape index (κ3) is 6.40. The highest BCUT2D eigenvalue weighted by Gasteiger charge is 2.22. The molecule has 4 N–H and O–H groups in total. The summed E-state index contributed by atoms with van der Waals surface area (Å²) in [6, 6.07) is -2.03. The van der Waals surface area contributed by atoms with E-state index in [2.05, 4.69) is 10.6 Å². The van der Waals surface area contributed by atoms with Crippen LogP contribution in [-0.4, -0.2) is 40.8 Å². The summed E-state index contributed by atoms with van der Waals surface area (Å²) in [5, 5.41) is 22.0. The van der Waals surface area contributed by atoms with Crippen LogP contribution in [0, 0.1) is 5.92 Å². The van der Waals surface area contributed by atoms with Gasteiger partial charge in [0.25, 0.3) is 0 Å². The minimum Gasteiger partial charge on any atom is -0.481 e. The molecule has 2 amide bonds. The van der Waals surface area contributed by atoms with Crippen LogP contribution in [0.25, 0.3) is 0 Å². The number of carbonyl (C=O) groups is 3. The van der Waals surface area contributed by atoms with E-state index in [-0.39, 0.29) is 0 Å². The minimum atomic E-state index is -1.40. The largest absolute Gasteiger partial charge is 0.481 e. The zero-order valence-corrected chi connectivity index (χ0v) is 11.4. The van der Waals surface area contributed by atoms with Gasteiger partial charge in [-0.05, 0) is 18.8 Å². The number of carboxylic acids is 2. The number of aliphatic carboxylic acids is 2. The number of carboxylic acid groups (broad SMARTS) is 2. The first-order valence-electron chi connectivity index (χ1n) is 6.98. The van der Waals surface area contributed by atoms with Crippen molar-refractivity contribution in [3.8, 4) is 0 Å². The molecule has 1 fully saturated rings. The Morgan fingerprint density at radius 3 is 2.35 bits per heavy atom. The number of nitrogens with one attached hydrogen (secondary N) is 2. The quantitative estimate of drug-likeness (QED) is 0.500. The van der Waals surface area contributed by atoms with E-state index < -0.39 is 30.4 Å². The third-order valence-electron chi connectivity index (χ3n) is 3.53. The predicted octanol–water partition coefficient (Wildman–Crippen LogP) is 1.18. The van der Waals surface area contributed by atoms with Gasteiger partial charge < -0.3 is 20.8 Å². The molecule has 0 saturated heterocycles. The standard InChI is InChI=1S/C13H22N2O5/c16-11(17)8-10(12(18)19)15-13(20)14-7-3-6-9-4-1-2-5-9/h9-10H,1-8H2,(H,16,17)(H,18,19)(H2,14,15,20). The molecule has 0 radical (unpaired) electrons. The van der Waals surface area contributed by atoms with E-state index in [0.29, 0.717) is 6.54 Å². The van der Waals surface area contributed by atoms with Crippen LogP contribution in [0.2, 0.25) is 0 Å². The first kappa shape index (κ1) is 16.3. The summed E-state index contributed by atoms with van der Waals surface area (Å²) in [7, 11) is 0. The zero-order chi connectivity index (χ0) is 15.0. The van der Waals surface area contributed by atoms with Crippen LogP contribution in [0.15, 0.2) is 0 Å². The summed E-state index contributed by atoms with van der Waals surface area (Å²) < 4.78 is 0. The van der Waals surface area contributed by atoms with Gasteiger partial charge in [0.2, 0.25) is 0 Å². The van der Waals surface area contributed by atoms with E-state index in [4.69, 9.17) is 10.2 Å². The summed E-state index contributed by atoms with van der Waals surface area (Å²) in [5.41, 5.74) is 0. The normalized spacial score (nSPS) is 16.6. The van der Waals surface area contributed by atoms with Gasteiger partial charge in [-0.3, -0.25) is 4.79 Å². The van der Waals surface area contributed by atoms with Crippen molar-refractivity contribution in [3.63, 3.8) is 0 Å². The van der Waals surface area contributed by atoms with Crippen molar-refractivity contribution >= 4 is 18.0 Å². The highest BCUT2D eigenvalue weighted by molar-refractivity contribution is 5.86. The lowest BCUT2D eigenvalue weighted by Gasteiger charge is -2.14. The molecule has 1 aliphatic carbocycles. The highest BCUT2D eigenvalue weighted by Crippen LogP contribution is 2.28. The maximum absolute atomic E-state index is 11.5. The smallest absolute Gasteiger partial charge is 0.326 e. The molecule has 7 heteroatoms. The number of urea groups is 1. The van der Waals surface area contributed by atoms with Crippen LogP contribution < -0.4 is 10.6 Å². The molecule has 0 heterocycles. The first-order chi connectivity index (χ1) is 9.49. The van der Waals surface area contributed by atoms with Gasteiger partial charge in [-0.2, -0.15) is 0 Å². The van der Waals surface area contributed by atoms with Gasteiger partial charge in [0.05, 0.1) is 6.42 Å². The van der Waals surface area contributed by atoms with Gasteiger partial charge in [-0.25, -0.2) is 9.59 Å². The fraction of sp³-hybridized carbons (Fsp3) is 0.769.